The molecule has 1 aromatic heterocycles. The summed E-state index contributed by atoms with van der Waals surface area (Å²) in [4.78, 5) is 4.05. The number of rotatable bonds is 3. The largest absolute Gasteiger partial charge is 0.392 e. The zero-order valence-corrected chi connectivity index (χ0v) is 11.7. The van der Waals surface area contributed by atoms with Crippen LogP contribution >= 0.6 is 11.6 Å². The minimum atomic E-state index is -3.69. The number of aromatic nitrogens is 1. The van der Waals surface area contributed by atoms with Crippen molar-refractivity contribution >= 4 is 21.4 Å². The molecular formula is C13H12ClNO3S. The highest BCUT2D eigenvalue weighted by atomic mass is 35.5. The fourth-order valence-corrected chi connectivity index (χ4v) is 3.38. The molecule has 1 N–H and O–H groups in total. The van der Waals surface area contributed by atoms with Crippen molar-refractivity contribution in [2.75, 3.05) is 0 Å². The van der Waals surface area contributed by atoms with Crippen molar-refractivity contribution in [2.24, 2.45) is 0 Å². The van der Waals surface area contributed by atoms with Crippen LogP contribution in [0.4, 0.5) is 0 Å². The topological polar surface area (TPSA) is 67.3 Å². The Balaban J connectivity index is 2.52. The van der Waals surface area contributed by atoms with E-state index >= 15 is 0 Å². The number of halogens is 1. The summed E-state index contributed by atoms with van der Waals surface area (Å²) >= 11 is 5.89. The van der Waals surface area contributed by atoms with E-state index in [4.69, 9.17) is 16.7 Å². The van der Waals surface area contributed by atoms with Crippen molar-refractivity contribution in [1.29, 1.82) is 0 Å². The van der Waals surface area contributed by atoms with Crippen molar-refractivity contribution in [1.82, 2.24) is 4.98 Å². The number of nitrogens with zero attached hydrogens (tertiary/aromatic N) is 1. The highest BCUT2D eigenvalue weighted by Gasteiger charge is 2.21. The maximum Gasteiger partial charge on any atom is 0.209 e. The Morgan fingerprint density at radius 2 is 1.79 bits per heavy atom. The van der Waals surface area contributed by atoms with Crippen molar-refractivity contribution in [3.63, 3.8) is 0 Å². The van der Waals surface area contributed by atoms with Gasteiger partial charge in [-0.15, -0.1) is 0 Å². The quantitative estimate of drug-likeness (QED) is 0.883. The van der Waals surface area contributed by atoms with Crippen LogP contribution in [0.1, 0.15) is 11.3 Å². The number of benzene rings is 1. The van der Waals surface area contributed by atoms with Crippen molar-refractivity contribution in [3.05, 3.63) is 52.8 Å². The van der Waals surface area contributed by atoms with E-state index in [1.54, 1.807) is 25.1 Å². The highest BCUT2D eigenvalue weighted by Crippen LogP contribution is 2.26. The Bertz CT molecular complexity index is 696. The van der Waals surface area contributed by atoms with Crippen molar-refractivity contribution in [2.45, 2.75) is 23.3 Å². The molecule has 0 atom stereocenters. The van der Waals surface area contributed by atoms with E-state index in [1.165, 1.54) is 18.2 Å². The van der Waals surface area contributed by atoms with Gasteiger partial charge in [-0.2, -0.15) is 0 Å². The molecule has 1 aromatic carbocycles. The van der Waals surface area contributed by atoms with E-state index in [2.05, 4.69) is 4.98 Å². The minimum absolute atomic E-state index is 0.0171. The summed E-state index contributed by atoms with van der Waals surface area (Å²) in [5.74, 6) is 0. The van der Waals surface area contributed by atoms with Gasteiger partial charge in [0.2, 0.25) is 9.84 Å². The third-order valence-electron chi connectivity index (χ3n) is 2.66. The maximum absolute atomic E-state index is 12.4. The molecule has 0 saturated heterocycles. The van der Waals surface area contributed by atoms with Gasteiger partial charge in [0.25, 0.3) is 0 Å². The second-order valence-corrected chi connectivity index (χ2v) is 6.32. The van der Waals surface area contributed by atoms with E-state index in [1.807, 2.05) is 0 Å². The minimum Gasteiger partial charge on any atom is -0.392 e. The van der Waals surface area contributed by atoms with Gasteiger partial charge in [-0.05, 0) is 36.8 Å². The Hall–Kier alpha value is -1.43. The fourth-order valence-electron chi connectivity index (χ4n) is 1.61. The van der Waals surface area contributed by atoms with Gasteiger partial charge in [0.1, 0.15) is 10.0 Å². The lowest BCUT2D eigenvalue weighted by Crippen LogP contribution is -2.04. The van der Waals surface area contributed by atoms with Gasteiger partial charge in [0, 0.05) is 5.69 Å². The monoisotopic (exact) mass is 297 g/mol. The Kier molecular flexibility index (Phi) is 3.89. The Morgan fingerprint density at radius 3 is 2.32 bits per heavy atom. The summed E-state index contributed by atoms with van der Waals surface area (Å²) in [6.45, 7) is 1.60. The Labute approximate surface area is 116 Å². The first-order valence-electron chi connectivity index (χ1n) is 5.53. The van der Waals surface area contributed by atoms with Crippen LogP contribution in [0.3, 0.4) is 0 Å². The molecule has 0 bridgehead atoms. The Morgan fingerprint density at radius 1 is 1.16 bits per heavy atom. The van der Waals surface area contributed by atoms with Gasteiger partial charge in [-0.1, -0.05) is 23.7 Å². The average molecular weight is 298 g/mol. The van der Waals surface area contributed by atoms with Crippen LogP contribution < -0.4 is 0 Å². The number of sulfone groups is 1. The molecule has 19 heavy (non-hydrogen) atoms. The number of pyridine rings is 1. The second-order valence-electron chi connectivity index (χ2n) is 4.05. The first-order chi connectivity index (χ1) is 8.95. The molecule has 0 saturated carbocycles. The lowest BCUT2D eigenvalue weighted by Gasteiger charge is -2.07. The molecule has 0 radical (unpaired) electrons. The summed E-state index contributed by atoms with van der Waals surface area (Å²) < 4.78 is 24.8. The van der Waals surface area contributed by atoms with Gasteiger partial charge >= 0.3 is 0 Å². The third kappa shape index (κ3) is 2.78. The average Bonchev–Trinajstić information content (AvgIpc) is 2.38. The molecule has 0 aliphatic heterocycles. The van der Waals surface area contributed by atoms with Crippen molar-refractivity contribution < 1.29 is 13.5 Å². The summed E-state index contributed by atoms with van der Waals surface area (Å²) in [7, 11) is -3.69. The molecule has 0 spiro atoms. The standard InChI is InChI=1S/C13H12ClNO3S/c1-9-2-7-12(13(14)15-9)19(17,18)11-5-3-10(8-16)4-6-11/h2-7,16H,8H2,1H3. The predicted molar refractivity (Wildman–Crippen MR) is 71.8 cm³/mol. The van der Waals surface area contributed by atoms with Gasteiger partial charge in [0.05, 0.1) is 11.5 Å². The number of hydrogen-bond acceptors (Lipinski definition) is 4. The summed E-state index contributed by atoms with van der Waals surface area (Å²) in [5.41, 5.74) is 1.30. The molecule has 0 aliphatic rings. The molecule has 0 amide bonds. The number of aliphatic hydroxyl groups excluding tert-OH is 1. The summed E-state index contributed by atoms with van der Waals surface area (Å²) in [6.07, 6.45) is 0. The first kappa shape index (κ1) is 14.0. The molecule has 0 fully saturated rings. The van der Waals surface area contributed by atoms with Crippen LogP contribution in [0.15, 0.2) is 46.2 Å². The van der Waals surface area contributed by atoms with Crippen LogP contribution in [0.25, 0.3) is 0 Å². The molecule has 6 heteroatoms. The zero-order valence-electron chi connectivity index (χ0n) is 10.2. The van der Waals surface area contributed by atoms with E-state index < -0.39 is 9.84 Å². The summed E-state index contributed by atoms with van der Waals surface area (Å²) in [5, 5.41) is 8.91. The highest BCUT2D eigenvalue weighted by molar-refractivity contribution is 7.91. The fraction of sp³-hybridized carbons (Fsp3) is 0.154. The van der Waals surface area contributed by atoms with Crippen molar-refractivity contribution in [3.8, 4) is 0 Å². The van der Waals surface area contributed by atoms with Gasteiger partial charge in [-0.25, -0.2) is 13.4 Å². The van der Waals surface area contributed by atoms with Crippen LogP contribution in [0, 0.1) is 6.92 Å². The molecule has 1 heterocycles. The van der Waals surface area contributed by atoms with Gasteiger partial charge < -0.3 is 5.11 Å². The van der Waals surface area contributed by atoms with E-state index in [-0.39, 0.29) is 21.6 Å². The third-order valence-corrected chi connectivity index (χ3v) is 4.86. The SMILES string of the molecule is Cc1ccc(S(=O)(=O)c2ccc(CO)cc2)c(Cl)n1. The van der Waals surface area contributed by atoms with Gasteiger partial charge in [-0.3, -0.25) is 0 Å². The van der Waals surface area contributed by atoms with Crippen LogP contribution in [-0.4, -0.2) is 18.5 Å². The smallest absolute Gasteiger partial charge is 0.209 e. The second kappa shape index (κ2) is 5.28. The lowest BCUT2D eigenvalue weighted by molar-refractivity contribution is 0.282. The number of hydrogen-bond donors (Lipinski definition) is 1. The lowest BCUT2D eigenvalue weighted by atomic mass is 10.2. The molecular weight excluding hydrogens is 286 g/mol. The normalized spacial score (nSPS) is 11.5. The van der Waals surface area contributed by atoms with E-state index in [0.29, 0.717) is 11.3 Å². The predicted octanol–water partition coefficient (Wildman–Crippen LogP) is 2.37. The van der Waals surface area contributed by atoms with E-state index in [9.17, 15) is 8.42 Å². The van der Waals surface area contributed by atoms with Crippen LogP contribution in [0.5, 0.6) is 0 Å². The van der Waals surface area contributed by atoms with Gasteiger partial charge in [0.15, 0.2) is 0 Å². The summed E-state index contributed by atoms with van der Waals surface area (Å²) in [6, 6.07) is 9.04. The number of aliphatic hydroxyl groups is 1. The molecule has 0 unspecified atom stereocenters. The molecule has 4 nitrogen and oxygen atoms in total. The van der Waals surface area contributed by atoms with Crippen LogP contribution in [-0.2, 0) is 16.4 Å². The first-order valence-corrected chi connectivity index (χ1v) is 7.39. The zero-order chi connectivity index (χ0) is 14.0. The molecule has 2 aromatic rings. The number of aryl methyl sites for hydroxylation is 1. The molecule has 2 rings (SSSR count). The molecule has 100 valence electrons. The maximum atomic E-state index is 12.4. The van der Waals surface area contributed by atoms with E-state index in [0.717, 1.165) is 0 Å². The van der Waals surface area contributed by atoms with Crippen LogP contribution in [0.2, 0.25) is 5.15 Å². The molecule has 0 aliphatic carbocycles.